The minimum Gasteiger partial charge on any atom is -0.491 e. The molecule has 1 aromatic carbocycles. The Kier molecular flexibility index (Phi) is 4.53. The van der Waals surface area contributed by atoms with Crippen molar-refractivity contribution < 1.29 is 14.3 Å². The Morgan fingerprint density at radius 3 is 2.67 bits per heavy atom. The third-order valence-electron chi connectivity index (χ3n) is 2.35. The van der Waals surface area contributed by atoms with Crippen molar-refractivity contribution in [2.75, 3.05) is 12.3 Å². The second-order valence-corrected chi connectivity index (χ2v) is 3.75. The Bertz CT molecular complexity index is 460. The van der Waals surface area contributed by atoms with Crippen molar-refractivity contribution in [3.63, 3.8) is 0 Å². The average Bonchev–Trinajstić information content (AvgIpc) is 2.31. The van der Waals surface area contributed by atoms with Crippen molar-refractivity contribution in [2.24, 2.45) is 5.73 Å². The molecule has 0 saturated heterocycles. The molecule has 1 rings (SSSR count). The molecule has 0 aliphatic carbocycles. The molecule has 18 heavy (non-hydrogen) atoms. The predicted molar refractivity (Wildman–Crippen MR) is 68.1 cm³/mol. The lowest BCUT2D eigenvalue weighted by Gasteiger charge is -2.14. The SMILES string of the molecule is CCOc1c(N)cccc1C(=O)NC(C)C(N)=O. The lowest BCUT2D eigenvalue weighted by Crippen LogP contribution is -2.42. The number of nitrogen functional groups attached to an aromatic ring is 1. The highest BCUT2D eigenvalue weighted by Gasteiger charge is 2.18. The van der Waals surface area contributed by atoms with Crippen molar-refractivity contribution >= 4 is 17.5 Å². The third-order valence-corrected chi connectivity index (χ3v) is 2.35. The van der Waals surface area contributed by atoms with Crippen LogP contribution in [0.3, 0.4) is 0 Å². The molecule has 0 bridgehead atoms. The molecule has 0 fully saturated rings. The number of amides is 2. The minimum absolute atomic E-state index is 0.282. The van der Waals surface area contributed by atoms with Gasteiger partial charge >= 0.3 is 0 Å². The molecule has 0 radical (unpaired) electrons. The largest absolute Gasteiger partial charge is 0.491 e. The number of para-hydroxylation sites is 1. The number of nitrogens with two attached hydrogens (primary N) is 2. The normalized spacial score (nSPS) is 11.7. The highest BCUT2D eigenvalue weighted by atomic mass is 16.5. The first-order valence-corrected chi connectivity index (χ1v) is 5.58. The fraction of sp³-hybridized carbons (Fsp3) is 0.333. The standard InChI is InChI=1S/C12H17N3O3/c1-3-18-10-8(5-4-6-9(10)13)12(17)15-7(2)11(14)16/h4-7H,3,13H2,1-2H3,(H2,14,16)(H,15,17). The zero-order valence-corrected chi connectivity index (χ0v) is 10.4. The van der Waals surface area contributed by atoms with Gasteiger partial charge in [-0.2, -0.15) is 0 Å². The molecular weight excluding hydrogens is 234 g/mol. The molecule has 6 heteroatoms. The van der Waals surface area contributed by atoms with E-state index in [4.69, 9.17) is 16.2 Å². The van der Waals surface area contributed by atoms with Crippen LogP contribution in [0.15, 0.2) is 18.2 Å². The smallest absolute Gasteiger partial charge is 0.255 e. The summed E-state index contributed by atoms with van der Waals surface area (Å²) in [6, 6.07) is 4.10. The van der Waals surface area contributed by atoms with Crippen LogP contribution in [0.25, 0.3) is 0 Å². The van der Waals surface area contributed by atoms with Crippen molar-refractivity contribution in [1.82, 2.24) is 5.32 Å². The molecule has 0 aromatic heterocycles. The van der Waals surface area contributed by atoms with Gasteiger partial charge in [0, 0.05) is 0 Å². The van der Waals surface area contributed by atoms with E-state index < -0.39 is 17.9 Å². The van der Waals surface area contributed by atoms with E-state index >= 15 is 0 Å². The van der Waals surface area contributed by atoms with Crippen LogP contribution in [0.4, 0.5) is 5.69 Å². The summed E-state index contributed by atoms with van der Waals surface area (Å²) in [6.07, 6.45) is 0. The summed E-state index contributed by atoms with van der Waals surface area (Å²) in [5.41, 5.74) is 11.5. The molecule has 98 valence electrons. The maximum Gasteiger partial charge on any atom is 0.255 e. The molecule has 1 atom stereocenters. The minimum atomic E-state index is -0.756. The summed E-state index contributed by atoms with van der Waals surface area (Å²) in [7, 11) is 0. The fourth-order valence-corrected chi connectivity index (χ4v) is 1.38. The van der Waals surface area contributed by atoms with Gasteiger partial charge < -0.3 is 21.5 Å². The number of hydrogen-bond donors (Lipinski definition) is 3. The van der Waals surface area contributed by atoms with Gasteiger partial charge in [-0.25, -0.2) is 0 Å². The topological polar surface area (TPSA) is 107 Å². The summed E-state index contributed by atoms with van der Waals surface area (Å²) in [4.78, 5) is 22.8. The van der Waals surface area contributed by atoms with Crippen LogP contribution in [-0.4, -0.2) is 24.5 Å². The summed E-state index contributed by atoms with van der Waals surface area (Å²) in [6.45, 7) is 3.69. The lowest BCUT2D eigenvalue weighted by molar-refractivity contribution is -0.119. The van der Waals surface area contributed by atoms with Gasteiger partial charge in [0.1, 0.15) is 6.04 Å². The second-order valence-electron chi connectivity index (χ2n) is 3.75. The molecule has 0 spiro atoms. The van der Waals surface area contributed by atoms with Crippen LogP contribution < -0.4 is 21.5 Å². The van der Waals surface area contributed by atoms with Crippen LogP contribution in [0, 0.1) is 0 Å². The quantitative estimate of drug-likeness (QED) is 0.653. The van der Waals surface area contributed by atoms with E-state index in [1.165, 1.54) is 6.92 Å². The highest BCUT2D eigenvalue weighted by molar-refractivity contribution is 6.00. The number of carbonyl (C=O) groups is 2. The number of primary amides is 1. The first kappa shape index (κ1) is 13.8. The molecule has 6 nitrogen and oxygen atoms in total. The van der Waals surface area contributed by atoms with Crippen LogP contribution in [0.1, 0.15) is 24.2 Å². The van der Waals surface area contributed by atoms with Crippen molar-refractivity contribution in [3.05, 3.63) is 23.8 Å². The summed E-state index contributed by atoms with van der Waals surface area (Å²) >= 11 is 0. The van der Waals surface area contributed by atoms with E-state index in [-0.39, 0.29) is 5.56 Å². The van der Waals surface area contributed by atoms with Gasteiger partial charge in [0.2, 0.25) is 5.91 Å². The first-order valence-electron chi connectivity index (χ1n) is 5.58. The van der Waals surface area contributed by atoms with Gasteiger partial charge in [-0.15, -0.1) is 0 Å². The summed E-state index contributed by atoms with van der Waals surface area (Å²) < 4.78 is 5.33. The predicted octanol–water partition coefficient (Wildman–Crippen LogP) is 0.271. The van der Waals surface area contributed by atoms with E-state index in [1.54, 1.807) is 25.1 Å². The Hall–Kier alpha value is -2.24. The Balaban J connectivity index is 2.98. The van der Waals surface area contributed by atoms with E-state index in [9.17, 15) is 9.59 Å². The second kappa shape index (κ2) is 5.90. The van der Waals surface area contributed by atoms with Crippen molar-refractivity contribution in [1.29, 1.82) is 0 Å². The number of carbonyl (C=O) groups excluding carboxylic acids is 2. The Morgan fingerprint density at radius 2 is 2.11 bits per heavy atom. The van der Waals surface area contributed by atoms with Gasteiger partial charge in [0.05, 0.1) is 17.9 Å². The van der Waals surface area contributed by atoms with Gasteiger partial charge in [0.15, 0.2) is 5.75 Å². The lowest BCUT2D eigenvalue weighted by atomic mass is 10.1. The van der Waals surface area contributed by atoms with E-state index in [1.807, 2.05) is 0 Å². The Labute approximate surface area is 105 Å². The third kappa shape index (κ3) is 3.13. The maximum absolute atomic E-state index is 12.0. The van der Waals surface area contributed by atoms with Crippen LogP contribution >= 0.6 is 0 Å². The molecule has 5 N–H and O–H groups in total. The number of ether oxygens (including phenoxy) is 1. The van der Waals surface area contributed by atoms with Crippen molar-refractivity contribution in [3.8, 4) is 5.75 Å². The van der Waals surface area contributed by atoms with Gasteiger partial charge in [0.25, 0.3) is 5.91 Å². The number of anilines is 1. The number of benzene rings is 1. The zero-order valence-electron chi connectivity index (χ0n) is 10.4. The van der Waals surface area contributed by atoms with Gasteiger partial charge in [-0.05, 0) is 26.0 Å². The molecule has 1 aromatic rings. The Morgan fingerprint density at radius 1 is 1.44 bits per heavy atom. The van der Waals surface area contributed by atoms with Crippen LogP contribution in [-0.2, 0) is 4.79 Å². The first-order chi connectivity index (χ1) is 8.47. The van der Waals surface area contributed by atoms with Crippen molar-refractivity contribution in [2.45, 2.75) is 19.9 Å². The van der Waals surface area contributed by atoms with E-state index in [0.29, 0.717) is 18.0 Å². The highest BCUT2D eigenvalue weighted by Crippen LogP contribution is 2.26. The average molecular weight is 251 g/mol. The van der Waals surface area contributed by atoms with Crippen LogP contribution in [0.2, 0.25) is 0 Å². The zero-order chi connectivity index (χ0) is 13.7. The number of hydrogen-bond acceptors (Lipinski definition) is 4. The van der Waals surface area contributed by atoms with Gasteiger partial charge in [-0.1, -0.05) is 6.07 Å². The van der Waals surface area contributed by atoms with E-state index in [2.05, 4.69) is 5.32 Å². The molecule has 0 heterocycles. The molecular formula is C12H17N3O3. The summed E-state index contributed by atoms with van der Waals surface area (Å²) in [5, 5.41) is 2.47. The monoisotopic (exact) mass is 251 g/mol. The maximum atomic E-state index is 12.0. The molecule has 0 saturated carbocycles. The van der Waals surface area contributed by atoms with E-state index in [0.717, 1.165) is 0 Å². The van der Waals surface area contributed by atoms with Gasteiger partial charge in [-0.3, -0.25) is 9.59 Å². The number of rotatable bonds is 5. The number of nitrogens with one attached hydrogen (secondary N) is 1. The van der Waals surface area contributed by atoms with Crippen LogP contribution in [0.5, 0.6) is 5.75 Å². The molecule has 0 aliphatic rings. The fourth-order valence-electron chi connectivity index (χ4n) is 1.38. The molecule has 1 unspecified atom stereocenters. The molecule has 2 amide bonds. The summed E-state index contributed by atoms with van der Waals surface area (Å²) in [5.74, 6) is -0.739. The molecule has 0 aliphatic heterocycles.